The molecular formula is C5H10ClN5. The smallest absolute Gasteiger partial charge is 0.194 e. The Morgan fingerprint density at radius 1 is 1.45 bits per heavy atom. The van der Waals surface area contributed by atoms with Crippen molar-refractivity contribution in [2.75, 3.05) is 0 Å². The Morgan fingerprint density at radius 3 is 2.55 bits per heavy atom. The summed E-state index contributed by atoms with van der Waals surface area (Å²) in [5.74, 6) is 0.652. The highest BCUT2D eigenvalue weighted by Gasteiger charge is 2.38. The van der Waals surface area contributed by atoms with Crippen molar-refractivity contribution in [1.82, 2.24) is 20.6 Å². The largest absolute Gasteiger partial charge is 0.319 e. The molecule has 0 aromatic carbocycles. The quantitative estimate of drug-likeness (QED) is 0.628. The normalized spacial score (nSPS) is 20.1. The van der Waals surface area contributed by atoms with E-state index in [0.717, 1.165) is 12.8 Å². The molecule has 1 heterocycles. The molecule has 0 saturated heterocycles. The summed E-state index contributed by atoms with van der Waals surface area (Å²) in [6.07, 6.45) is 3.13. The lowest BCUT2D eigenvalue weighted by Gasteiger charge is -2.34. The van der Waals surface area contributed by atoms with Gasteiger partial charge in [-0.2, -0.15) is 5.21 Å². The van der Waals surface area contributed by atoms with Crippen LogP contribution in [0.3, 0.4) is 0 Å². The first-order valence-electron chi connectivity index (χ1n) is 3.34. The first-order valence-corrected chi connectivity index (χ1v) is 3.34. The van der Waals surface area contributed by atoms with Crippen molar-refractivity contribution in [2.45, 2.75) is 24.8 Å². The second-order valence-corrected chi connectivity index (χ2v) is 2.75. The summed E-state index contributed by atoms with van der Waals surface area (Å²) in [6, 6.07) is 0. The Hall–Kier alpha value is -0.680. The van der Waals surface area contributed by atoms with E-state index in [0.29, 0.717) is 5.82 Å². The number of rotatable bonds is 1. The fourth-order valence-electron chi connectivity index (χ4n) is 1.15. The van der Waals surface area contributed by atoms with Gasteiger partial charge in [-0.05, 0) is 19.3 Å². The molecule has 0 atom stereocenters. The van der Waals surface area contributed by atoms with Gasteiger partial charge in [0.15, 0.2) is 5.82 Å². The molecule has 0 amide bonds. The van der Waals surface area contributed by atoms with Crippen LogP contribution in [-0.4, -0.2) is 20.6 Å². The minimum atomic E-state index is -0.271. The third-order valence-corrected chi connectivity index (χ3v) is 2.04. The maximum Gasteiger partial charge on any atom is 0.194 e. The maximum absolute atomic E-state index is 5.88. The summed E-state index contributed by atoms with van der Waals surface area (Å²) in [6.45, 7) is 0. The summed E-state index contributed by atoms with van der Waals surface area (Å²) in [5, 5.41) is 13.5. The fourth-order valence-corrected chi connectivity index (χ4v) is 1.15. The highest BCUT2D eigenvalue weighted by atomic mass is 35.5. The Morgan fingerprint density at radius 2 is 2.18 bits per heavy atom. The number of aromatic nitrogens is 4. The molecule has 62 valence electrons. The third-order valence-electron chi connectivity index (χ3n) is 2.04. The third kappa shape index (κ3) is 1.21. The van der Waals surface area contributed by atoms with E-state index in [1.165, 1.54) is 6.42 Å². The predicted molar refractivity (Wildman–Crippen MR) is 41.1 cm³/mol. The molecule has 2 rings (SSSR count). The van der Waals surface area contributed by atoms with Crippen molar-refractivity contribution < 1.29 is 0 Å². The number of nitrogens with zero attached hydrogens (tertiary/aromatic N) is 3. The van der Waals surface area contributed by atoms with Crippen molar-refractivity contribution in [3.63, 3.8) is 0 Å². The molecule has 0 spiro atoms. The molecule has 6 heteroatoms. The molecule has 1 aliphatic carbocycles. The van der Waals surface area contributed by atoms with Crippen molar-refractivity contribution in [3.8, 4) is 0 Å². The second-order valence-electron chi connectivity index (χ2n) is 2.75. The number of aromatic amines is 1. The molecule has 5 nitrogen and oxygen atoms in total. The van der Waals surface area contributed by atoms with E-state index in [2.05, 4.69) is 20.6 Å². The first kappa shape index (κ1) is 8.42. The molecular weight excluding hydrogens is 166 g/mol. The standard InChI is InChI=1S/C5H9N5.ClH/c6-5(2-1-3-5)4-7-9-10-8-4;/h1-3,6H2,(H,7,8,9,10);1H. The molecule has 1 aliphatic rings. The summed E-state index contributed by atoms with van der Waals surface area (Å²) in [5.41, 5.74) is 5.61. The van der Waals surface area contributed by atoms with Crippen LogP contribution in [0.1, 0.15) is 25.1 Å². The van der Waals surface area contributed by atoms with Gasteiger partial charge in [0.05, 0.1) is 5.54 Å². The summed E-state index contributed by atoms with van der Waals surface area (Å²) in [4.78, 5) is 0. The highest BCUT2D eigenvalue weighted by Crippen LogP contribution is 2.35. The Kier molecular flexibility index (Phi) is 2.10. The Balaban J connectivity index is 0.000000605. The summed E-state index contributed by atoms with van der Waals surface area (Å²) < 4.78 is 0. The highest BCUT2D eigenvalue weighted by molar-refractivity contribution is 5.85. The fraction of sp³-hybridized carbons (Fsp3) is 0.800. The number of nitrogens with one attached hydrogen (secondary N) is 1. The van der Waals surface area contributed by atoms with Crippen LogP contribution in [0.2, 0.25) is 0 Å². The molecule has 3 N–H and O–H groups in total. The van der Waals surface area contributed by atoms with Gasteiger partial charge in [-0.15, -0.1) is 22.6 Å². The van der Waals surface area contributed by atoms with E-state index in [-0.39, 0.29) is 17.9 Å². The van der Waals surface area contributed by atoms with Crippen LogP contribution in [0.15, 0.2) is 0 Å². The SMILES string of the molecule is Cl.NC1(c2nn[nH]n2)CCC1. The van der Waals surface area contributed by atoms with E-state index in [1.54, 1.807) is 0 Å². The number of halogens is 1. The van der Waals surface area contributed by atoms with Crippen molar-refractivity contribution in [1.29, 1.82) is 0 Å². The minimum absolute atomic E-state index is 0. The molecule has 1 aromatic heterocycles. The molecule has 11 heavy (non-hydrogen) atoms. The number of tetrazole rings is 1. The van der Waals surface area contributed by atoms with E-state index in [1.807, 2.05) is 0 Å². The van der Waals surface area contributed by atoms with Crippen LogP contribution in [0.25, 0.3) is 0 Å². The van der Waals surface area contributed by atoms with E-state index >= 15 is 0 Å². The van der Waals surface area contributed by atoms with Crippen LogP contribution in [0, 0.1) is 0 Å². The van der Waals surface area contributed by atoms with Gasteiger partial charge in [-0.3, -0.25) is 0 Å². The Labute approximate surface area is 70.2 Å². The van der Waals surface area contributed by atoms with E-state index in [9.17, 15) is 0 Å². The minimum Gasteiger partial charge on any atom is -0.319 e. The van der Waals surface area contributed by atoms with Gasteiger partial charge in [0.2, 0.25) is 0 Å². The number of H-pyrrole nitrogens is 1. The van der Waals surface area contributed by atoms with Gasteiger partial charge < -0.3 is 5.73 Å². The van der Waals surface area contributed by atoms with Crippen LogP contribution in [-0.2, 0) is 5.54 Å². The van der Waals surface area contributed by atoms with Gasteiger partial charge in [0.25, 0.3) is 0 Å². The van der Waals surface area contributed by atoms with Gasteiger partial charge in [-0.25, -0.2) is 0 Å². The van der Waals surface area contributed by atoms with Crippen LogP contribution in [0.5, 0.6) is 0 Å². The lowest BCUT2D eigenvalue weighted by Crippen LogP contribution is -2.44. The lowest BCUT2D eigenvalue weighted by atomic mass is 9.77. The molecule has 1 saturated carbocycles. The number of hydrogen-bond donors (Lipinski definition) is 2. The zero-order valence-electron chi connectivity index (χ0n) is 5.95. The van der Waals surface area contributed by atoms with Gasteiger partial charge >= 0.3 is 0 Å². The van der Waals surface area contributed by atoms with Gasteiger partial charge in [0.1, 0.15) is 0 Å². The van der Waals surface area contributed by atoms with Crippen LogP contribution >= 0.6 is 12.4 Å². The van der Waals surface area contributed by atoms with Crippen molar-refractivity contribution in [3.05, 3.63) is 5.82 Å². The van der Waals surface area contributed by atoms with Gasteiger partial charge in [0, 0.05) is 0 Å². The molecule has 0 radical (unpaired) electrons. The summed E-state index contributed by atoms with van der Waals surface area (Å²) >= 11 is 0. The topological polar surface area (TPSA) is 80.5 Å². The van der Waals surface area contributed by atoms with E-state index < -0.39 is 0 Å². The van der Waals surface area contributed by atoms with Crippen molar-refractivity contribution >= 4 is 12.4 Å². The first-order chi connectivity index (χ1) is 4.81. The Bertz CT molecular complexity index is 217. The molecule has 0 unspecified atom stereocenters. The lowest BCUT2D eigenvalue weighted by molar-refractivity contribution is 0.238. The van der Waals surface area contributed by atoms with Crippen LogP contribution in [0.4, 0.5) is 0 Å². The number of nitrogens with two attached hydrogens (primary N) is 1. The zero-order chi connectivity index (χ0) is 7.03. The zero-order valence-corrected chi connectivity index (χ0v) is 6.77. The second kappa shape index (κ2) is 2.75. The predicted octanol–water partition coefficient (Wildman–Crippen LogP) is -0.0406. The maximum atomic E-state index is 5.88. The van der Waals surface area contributed by atoms with Gasteiger partial charge in [-0.1, -0.05) is 5.21 Å². The number of hydrogen-bond acceptors (Lipinski definition) is 4. The van der Waals surface area contributed by atoms with Crippen LogP contribution < -0.4 is 5.73 Å². The van der Waals surface area contributed by atoms with E-state index in [4.69, 9.17) is 5.73 Å². The average Bonchev–Trinajstić information content (AvgIpc) is 2.33. The molecule has 0 bridgehead atoms. The molecule has 1 fully saturated rings. The summed E-state index contributed by atoms with van der Waals surface area (Å²) in [7, 11) is 0. The molecule has 0 aliphatic heterocycles. The van der Waals surface area contributed by atoms with Crippen molar-refractivity contribution in [2.24, 2.45) is 5.73 Å². The monoisotopic (exact) mass is 175 g/mol. The average molecular weight is 176 g/mol. The molecule has 1 aromatic rings.